The quantitative estimate of drug-likeness (QED) is 0.139. The predicted octanol–water partition coefficient (Wildman–Crippen LogP) is -3.30. The number of carbonyl (C=O) groups excluding carboxylic acids is 1. The van der Waals surface area contributed by atoms with Crippen molar-refractivity contribution in [1.29, 1.82) is 0 Å². The lowest BCUT2D eigenvalue weighted by atomic mass is 9.73. The lowest BCUT2D eigenvalue weighted by molar-refractivity contribution is -0.336. The van der Waals surface area contributed by atoms with E-state index in [2.05, 4.69) is 0 Å². The molecule has 5 fully saturated rings. The molecule has 3 heterocycles. The summed E-state index contributed by atoms with van der Waals surface area (Å²) in [7, 11) is 1.55. The van der Waals surface area contributed by atoms with Crippen LogP contribution in [0.4, 0.5) is 0 Å². The molecule has 18 atom stereocenters. The minimum atomic E-state index is -1.69. The molecule has 3 aliphatic heterocycles. The second kappa shape index (κ2) is 13.8. The van der Waals surface area contributed by atoms with E-state index in [0.29, 0.717) is 12.8 Å². The van der Waals surface area contributed by atoms with Crippen molar-refractivity contribution >= 4 is 5.78 Å². The molecule has 2 saturated carbocycles. The van der Waals surface area contributed by atoms with Crippen molar-refractivity contribution in [2.45, 2.75) is 143 Å². The molecule has 0 aromatic carbocycles. The second-order valence-corrected chi connectivity index (χ2v) is 12.7. The van der Waals surface area contributed by atoms with Gasteiger partial charge in [0, 0.05) is 26.4 Å². The second-order valence-electron chi connectivity index (χ2n) is 12.7. The third-order valence-electron chi connectivity index (χ3n) is 9.79. The molecular weight excluding hydrogens is 576 g/mol. The van der Waals surface area contributed by atoms with E-state index in [1.807, 2.05) is 0 Å². The van der Waals surface area contributed by atoms with Gasteiger partial charge in [-0.1, -0.05) is 0 Å². The van der Waals surface area contributed by atoms with Crippen molar-refractivity contribution < 1.29 is 74.1 Å². The van der Waals surface area contributed by atoms with E-state index in [4.69, 9.17) is 28.4 Å². The van der Waals surface area contributed by atoms with Gasteiger partial charge in [0.2, 0.25) is 0 Å². The molecule has 0 amide bonds. The van der Waals surface area contributed by atoms with Crippen LogP contribution in [0.15, 0.2) is 0 Å². The number of aliphatic hydroxyl groups excluding tert-OH is 8. The molecule has 3 saturated heterocycles. The number of aliphatic hydroxyl groups is 8. The number of carbonyl (C=O) groups is 1. The lowest BCUT2D eigenvalue weighted by Gasteiger charge is -2.48. The normalized spacial score (nSPS) is 52.9. The topological polar surface area (TPSA) is 234 Å². The maximum Gasteiger partial charge on any atom is 0.186 e. The van der Waals surface area contributed by atoms with Crippen LogP contribution < -0.4 is 0 Å². The Morgan fingerprint density at radius 1 is 0.744 bits per heavy atom. The number of hydrogen-bond donors (Lipinski definition) is 8. The van der Waals surface area contributed by atoms with Crippen molar-refractivity contribution in [2.24, 2.45) is 11.8 Å². The van der Waals surface area contributed by atoms with Gasteiger partial charge in [0.15, 0.2) is 12.6 Å². The van der Waals surface area contributed by atoms with Crippen LogP contribution >= 0.6 is 0 Å². The molecule has 0 aromatic heterocycles. The van der Waals surface area contributed by atoms with E-state index in [-0.39, 0.29) is 37.1 Å². The number of Topliss-reactive ketones (excluding diaryl/α,β-unsaturated/α-hetero) is 1. The van der Waals surface area contributed by atoms with Crippen molar-refractivity contribution in [3.63, 3.8) is 0 Å². The predicted molar refractivity (Wildman–Crippen MR) is 141 cm³/mol. The Hall–Kier alpha value is -0.890. The summed E-state index contributed by atoms with van der Waals surface area (Å²) in [6.45, 7) is 1.05. The van der Waals surface area contributed by atoms with Crippen LogP contribution in [0.2, 0.25) is 0 Å². The molecule has 0 bridgehead atoms. The van der Waals surface area contributed by atoms with Gasteiger partial charge in [0.05, 0.1) is 55.3 Å². The van der Waals surface area contributed by atoms with Gasteiger partial charge in [-0.2, -0.15) is 0 Å². The Bertz CT molecular complexity index is 940. The minimum absolute atomic E-state index is 0.0468. The number of ketones is 1. The maximum absolute atomic E-state index is 13.1. The Balaban J connectivity index is 1.19. The van der Waals surface area contributed by atoms with Crippen molar-refractivity contribution in [3.8, 4) is 0 Å². The molecule has 0 aromatic rings. The zero-order chi connectivity index (χ0) is 31.2. The highest BCUT2D eigenvalue weighted by Gasteiger charge is 2.51. The smallest absolute Gasteiger partial charge is 0.186 e. The summed E-state index contributed by atoms with van der Waals surface area (Å²) in [5, 5.41) is 83.1. The first-order valence-corrected chi connectivity index (χ1v) is 15.1. The highest BCUT2D eigenvalue weighted by Crippen LogP contribution is 2.41. The SMILES string of the molecule is COC1CCC(C2CC(=O)C3C(O)CC(O[C@@H]4OC(CO[C@@H]5OC(C)[C@H](O)C(O)C5O)[C@@H](O)C(O)C4O)CC3O2)CC1O. The van der Waals surface area contributed by atoms with Crippen LogP contribution in [-0.4, -0.2) is 158 Å². The first-order valence-electron chi connectivity index (χ1n) is 15.1. The van der Waals surface area contributed by atoms with Crippen LogP contribution in [0, 0.1) is 11.8 Å². The Morgan fingerprint density at radius 2 is 1.44 bits per heavy atom. The molecule has 2 aliphatic carbocycles. The molecule has 5 rings (SSSR count). The Morgan fingerprint density at radius 3 is 2.14 bits per heavy atom. The Labute approximate surface area is 249 Å². The number of methoxy groups -OCH3 is 1. The van der Waals surface area contributed by atoms with E-state index >= 15 is 0 Å². The van der Waals surface area contributed by atoms with E-state index in [1.165, 1.54) is 6.92 Å². The van der Waals surface area contributed by atoms with E-state index in [9.17, 15) is 45.6 Å². The van der Waals surface area contributed by atoms with Crippen molar-refractivity contribution in [3.05, 3.63) is 0 Å². The summed E-state index contributed by atoms with van der Waals surface area (Å²) in [5.41, 5.74) is 0. The number of fused-ring (bicyclic) bond motifs is 1. The standard InChI is InChI=1S/C28H46O15/c1-10-21(32)23(34)25(36)27(40-10)39-9-19-22(33)24(35)26(37)28(43-19)41-12-6-14(30)20-15(31)8-17(42-18(20)7-12)11-3-4-16(38-2)13(29)5-11/h10-14,16-30,32-37H,3-9H2,1-2H3/t10?,11?,12?,13?,14?,16?,17?,18?,19?,20?,21-,22+,23?,24?,25?,26?,27+,28+/m0/s1. The van der Waals surface area contributed by atoms with Gasteiger partial charge in [-0.25, -0.2) is 0 Å². The van der Waals surface area contributed by atoms with Gasteiger partial charge in [-0.05, 0) is 32.1 Å². The third-order valence-corrected chi connectivity index (χ3v) is 9.79. The molecule has 248 valence electrons. The fourth-order valence-corrected chi connectivity index (χ4v) is 7.18. The first kappa shape index (κ1) is 33.5. The van der Waals surface area contributed by atoms with Gasteiger partial charge in [-0.3, -0.25) is 4.79 Å². The molecule has 5 aliphatic rings. The van der Waals surface area contributed by atoms with E-state index in [1.54, 1.807) is 7.11 Å². The van der Waals surface area contributed by atoms with E-state index in [0.717, 1.165) is 6.42 Å². The van der Waals surface area contributed by atoms with Crippen LogP contribution in [0.5, 0.6) is 0 Å². The summed E-state index contributed by atoms with van der Waals surface area (Å²) in [6.07, 6.45) is -16.0. The van der Waals surface area contributed by atoms with Gasteiger partial charge < -0.3 is 69.3 Å². The maximum atomic E-state index is 13.1. The Kier molecular flexibility index (Phi) is 10.8. The molecule has 8 N–H and O–H groups in total. The third kappa shape index (κ3) is 6.95. The zero-order valence-electron chi connectivity index (χ0n) is 24.3. The zero-order valence-corrected chi connectivity index (χ0v) is 24.3. The largest absolute Gasteiger partial charge is 0.392 e. The van der Waals surface area contributed by atoms with E-state index < -0.39 is 104 Å². The van der Waals surface area contributed by atoms with Gasteiger partial charge in [0.25, 0.3) is 0 Å². The lowest BCUT2D eigenvalue weighted by Crippen LogP contribution is -2.62. The fraction of sp³-hybridized carbons (Fsp3) is 0.964. The number of rotatable bonds is 7. The van der Waals surface area contributed by atoms with Crippen LogP contribution in [0.3, 0.4) is 0 Å². The molecule has 14 unspecified atom stereocenters. The van der Waals surface area contributed by atoms with Crippen LogP contribution in [0.25, 0.3) is 0 Å². The average molecular weight is 623 g/mol. The summed E-state index contributed by atoms with van der Waals surface area (Å²) >= 11 is 0. The number of hydrogen-bond acceptors (Lipinski definition) is 15. The van der Waals surface area contributed by atoms with Gasteiger partial charge in [0.1, 0.15) is 48.5 Å². The van der Waals surface area contributed by atoms with Gasteiger partial charge >= 0.3 is 0 Å². The average Bonchev–Trinajstić information content (AvgIpc) is 2.97. The highest BCUT2D eigenvalue weighted by atomic mass is 16.7. The van der Waals surface area contributed by atoms with Crippen molar-refractivity contribution in [1.82, 2.24) is 0 Å². The molecular formula is C28H46O15. The minimum Gasteiger partial charge on any atom is -0.392 e. The molecule has 43 heavy (non-hydrogen) atoms. The van der Waals surface area contributed by atoms with Crippen LogP contribution in [0.1, 0.15) is 45.4 Å². The van der Waals surface area contributed by atoms with Crippen LogP contribution in [-0.2, 0) is 33.2 Å². The van der Waals surface area contributed by atoms with Crippen molar-refractivity contribution in [2.75, 3.05) is 13.7 Å². The summed E-state index contributed by atoms with van der Waals surface area (Å²) in [5.74, 6) is -0.899. The molecule has 15 nitrogen and oxygen atoms in total. The summed E-state index contributed by atoms with van der Waals surface area (Å²) in [6, 6.07) is 0. The fourth-order valence-electron chi connectivity index (χ4n) is 7.18. The highest BCUT2D eigenvalue weighted by molar-refractivity contribution is 5.83. The molecule has 15 heteroatoms. The first-order chi connectivity index (χ1) is 20.4. The molecule has 0 spiro atoms. The van der Waals surface area contributed by atoms with Gasteiger partial charge in [-0.15, -0.1) is 0 Å². The molecule has 0 radical (unpaired) electrons. The summed E-state index contributed by atoms with van der Waals surface area (Å²) < 4.78 is 34.3. The summed E-state index contributed by atoms with van der Waals surface area (Å²) in [4.78, 5) is 13.1. The number of ether oxygens (including phenoxy) is 6. The monoisotopic (exact) mass is 622 g/mol.